The molecular weight excluding hydrogens is 505 g/mol. The molecule has 1 atom stereocenters. The molecule has 0 radical (unpaired) electrons. The number of rotatable bonds is 8. The number of hydrogen-bond acceptors (Lipinski definition) is 5. The molecule has 1 saturated heterocycles. The summed E-state index contributed by atoms with van der Waals surface area (Å²) in [4.78, 5) is 26.7. The van der Waals surface area contributed by atoms with E-state index >= 15 is 0 Å². The van der Waals surface area contributed by atoms with Gasteiger partial charge < -0.3 is 14.4 Å². The van der Waals surface area contributed by atoms with Crippen LogP contribution >= 0.6 is 15.9 Å². The highest BCUT2D eigenvalue weighted by molar-refractivity contribution is 9.10. The topological polar surface area (TPSA) is 79.9 Å². The van der Waals surface area contributed by atoms with Gasteiger partial charge in [0.2, 0.25) is 11.8 Å². The summed E-state index contributed by atoms with van der Waals surface area (Å²) in [6, 6.07) is 18.6. The number of ether oxygens (including phenoxy) is 2. The van der Waals surface area contributed by atoms with Crippen molar-refractivity contribution in [3.63, 3.8) is 0 Å². The molecule has 0 spiro atoms. The zero-order chi connectivity index (χ0) is 24.1. The van der Waals surface area contributed by atoms with Crippen molar-refractivity contribution in [1.82, 2.24) is 5.43 Å². The van der Waals surface area contributed by atoms with Crippen LogP contribution in [0.1, 0.15) is 12.0 Å². The fraction of sp³-hybridized carbons (Fsp3) is 0.200. The van der Waals surface area contributed by atoms with Crippen molar-refractivity contribution >= 4 is 39.1 Å². The maximum Gasteiger partial charge on any atom is 0.243 e. The molecule has 4 rings (SSSR count). The molecule has 3 aromatic rings. The molecule has 3 aromatic carbocycles. The second-order valence-corrected chi connectivity index (χ2v) is 8.69. The lowest BCUT2D eigenvalue weighted by Crippen LogP contribution is -2.36. The molecule has 1 aliphatic rings. The summed E-state index contributed by atoms with van der Waals surface area (Å²) in [5, 5.41) is 0. The molecule has 0 aromatic heterocycles. The number of nitrogens with zero attached hydrogens (tertiary/aromatic N) is 1. The van der Waals surface area contributed by atoms with E-state index in [1.807, 2.05) is 24.3 Å². The Hall–Kier alpha value is -3.59. The third-order valence-electron chi connectivity index (χ3n) is 5.44. The van der Waals surface area contributed by atoms with Crippen LogP contribution in [0.5, 0.6) is 11.5 Å². The van der Waals surface area contributed by atoms with Crippen LogP contribution in [0, 0.1) is 11.7 Å². The molecule has 2 N–H and O–H groups in total. The van der Waals surface area contributed by atoms with Gasteiger partial charge in [-0.15, -0.1) is 0 Å². The van der Waals surface area contributed by atoms with E-state index < -0.39 is 5.92 Å². The largest absolute Gasteiger partial charge is 0.493 e. The third kappa shape index (κ3) is 5.66. The first kappa shape index (κ1) is 23.6. The second kappa shape index (κ2) is 10.6. The molecule has 0 unspecified atom stereocenters. The standard InChI is InChI=1S/C25H23BrFN3O4/c1-33-23-13-20(8-11-22(23)34-15-16-2-6-19(27)7-3-16)28-29-25(32)17-12-24(31)30(14-17)21-9-4-18(26)5-10-21/h2-11,13,17,28H,12,14-15H2,1H3,(H,29,32)/t17-/m1/s1. The van der Waals surface area contributed by atoms with Gasteiger partial charge in [0.05, 0.1) is 18.7 Å². The molecule has 2 amide bonds. The van der Waals surface area contributed by atoms with Crippen molar-refractivity contribution in [1.29, 1.82) is 0 Å². The summed E-state index contributed by atoms with van der Waals surface area (Å²) in [7, 11) is 1.52. The number of hydrogen-bond donors (Lipinski definition) is 2. The van der Waals surface area contributed by atoms with Gasteiger partial charge in [-0.25, -0.2) is 4.39 Å². The first-order chi connectivity index (χ1) is 16.4. The zero-order valence-electron chi connectivity index (χ0n) is 18.4. The summed E-state index contributed by atoms with van der Waals surface area (Å²) in [6.07, 6.45) is 0.142. The summed E-state index contributed by atoms with van der Waals surface area (Å²) in [5.74, 6) is -0.157. The van der Waals surface area contributed by atoms with Crippen LogP contribution in [-0.2, 0) is 16.2 Å². The van der Waals surface area contributed by atoms with Crippen molar-refractivity contribution in [2.24, 2.45) is 5.92 Å². The highest BCUT2D eigenvalue weighted by Gasteiger charge is 2.35. The molecule has 0 saturated carbocycles. The lowest BCUT2D eigenvalue weighted by molar-refractivity contribution is -0.125. The number of halogens is 2. The average Bonchev–Trinajstić information content (AvgIpc) is 3.24. The van der Waals surface area contributed by atoms with Crippen molar-refractivity contribution in [3.8, 4) is 11.5 Å². The number of carbonyl (C=O) groups excluding carboxylic acids is 2. The highest BCUT2D eigenvalue weighted by Crippen LogP contribution is 2.31. The fourth-order valence-electron chi connectivity index (χ4n) is 3.60. The molecular formula is C25H23BrFN3O4. The van der Waals surface area contributed by atoms with Crippen LogP contribution in [0.25, 0.3) is 0 Å². The Morgan fingerprint density at radius 1 is 1.09 bits per heavy atom. The molecule has 1 heterocycles. The normalized spacial score (nSPS) is 15.2. The Morgan fingerprint density at radius 2 is 1.82 bits per heavy atom. The molecule has 1 aliphatic heterocycles. The summed E-state index contributed by atoms with van der Waals surface area (Å²) in [6.45, 7) is 0.568. The van der Waals surface area contributed by atoms with E-state index in [1.165, 1.54) is 19.2 Å². The zero-order valence-corrected chi connectivity index (χ0v) is 20.0. The van der Waals surface area contributed by atoms with Crippen LogP contribution in [0.2, 0.25) is 0 Å². The minimum Gasteiger partial charge on any atom is -0.493 e. The van der Waals surface area contributed by atoms with Crippen molar-refractivity contribution < 1.29 is 23.5 Å². The number of hydrazine groups is 1. The quantitative estimate of drug-likeness (QED) is 0.416. The van der Waals surface area contributed by atoms with E-state index in [4.69, 9.17) is 9.47 Å². The molecule has 9 heteroatoms. The lowest BCUT2D eigenvalue weighted by Gasteiger charge is -2.17. The van der Waals surface area contributed by atoms with Gasteiger partial charge in [-0.3, -0.25) is 20.4 Å². The predicted octanol–water partition coefficient (Wildman–Crippen LogP) is 4.67. The maximum atomic E-state index is 13.1. The molecule has 34 heavy (non-hydrogen) atoms. The van der Waals surface area contributed by atoms with Gasteiger partial charge in [-0.2, -0.15) is 0 Å². The number of carbonyl (C=O) groups is 2. The summed E-state index contributed by atoms with van der Waals surface area (Å²) in [5.41, 5.74) is 7.71. The van der Waals surface area contributed by atoms with Crippen LogP contribution < -0.4 is 25.2 Å². The van der Waals surface area contributed by atoms with Crippen molar-refractivity contribution in [2.75, 3.05) is 24.0 Å². The number of anilines is 2. The Morgan fingerprint density at radius 3 is 2.53 bits per heavy atom. The van der Waals surface area contributed by atoms with E-state index in [0.29, 0.717) is 23.7 Å². The Balaban J connectivity index is 1.33. The molecule has 1 fully saturated rings. The van der Waals surface area contributed by atoms with Crippen molar-refractivity contribution in [3.05, 3.63) is 82.6 Å². The maximum absolute atomic E-state index is 13.1. The monoisotopic (exact) mass is 527 g/mol. The number of benzene rings is 3. The SMILES string of the molecule is COc1cc(NNC(=O)[C@@H]2CC(=O)N(c3ccc(Br)cc3)C2)ccc1OCc1ccc(F)cc1. The Kier molecular flexibility index (Phi) is 7.32. The predicted molar refractivity (Wildman–Crippen MR) is 130 cm³/mol. The van der Waals surface area contributed by atoms with E-state index in [2.05, 4.69) is 26.8 Å². The smallest absolute Gasteiger partial charge is 0.243 e. The van der Waals surface area contributed by atoms with E-state index in [0.717, 1.165) is 15.7 Å². The second-order valence-electron chi connectivity index (χ2n) is 7.78. The van der Waals surface area contributed by atoms with Gasteiger partial charge in [0.15, 0.2) is 11.5 Å². The number of amides is 2. The summed E-state index contributed by atoms with van der Waals surface area (Å²) >= 11 is 3.38. The molecule has 176 valence electrons. The minimum absolute atomic E-state index is 0.0909. The Labute approximate surface area is 205 Å². The number of methoxy groups -OCH3 is 1. The van der Waals surface area contributed by atoms with Crippen LogP contribution in [0.15, 0.2) is 71.2 Å². The van der Waals surface area contributed by atoms with Gasteiger partial charge in [0, 0.05) is 29.2 Å². The van der Waals surface area contributed by atoms with Gasteiger partial charge >= 0.3 is 0 Å². The lowest BCUT2D eigenvalue weighted by atomic mass is 10.1. The molecule has 0 bridgehead atoms. The third-order valence-corrected chi connectivity index (χ3v) is 5.96. The van der Waals surface area contributed by atoms with Crippen LogP contribution in [-0.4, -0.2) is 25.5 Å². The molecule has 7 nitrogen and oxygen atoms in total. The van der Waals surface area contributed by atoms with Crippen LogP contribution in [0.4, 0.5) is 15.8 Å². The van der Waals surface area contributed by atoms with Gasteiger partial charge in [0.1, 0.15) is 12.4 Å². The Bertz CT molecular complexity index is 1170. The highest BCUT2D eigenvalue weighted by atomic mass is 79.9. The first-order valence-corrected chi connectivity index (χ1v) is 11.4. The fourth-order valence-corrected chi connectivity index (χ4v) is 3.86. The van der Waals surface area contributed by atoms with Crippen LogP contribution in [0.3, 0.4) is 0 Å². The number of nitrogens with one attached hydrogen (secondary N) is 2. The first-order valence-electron chi connectivity index (χ1n) is 10.6. The van der Waals surface area contributed by atoms with Gasteiger partial charge in [-0.05, 0) is 54.1 Å². The summed E-state index contributed by atoms with van der Waals surface area (Å²) < 4.78 is 25.1. The van der Waals surface area contributed by atoms with Gasteiger partial charge in [0.25, 0.3) is 0 Å². The van der Waals surface area contributed by atoms with Gasteiger partial charge in [-0.1, -0.05) is 28.1 Å². The average molecular weight is 528 g/mol. The van der Waals surface area contributed by atoms with Crippen molar-refractivity contribution in [2.45, 2.75) is 13.0 Å². The van der Waals surface area contributed by atoms with E-state index in [-0.39, 0.29) is 30.7 Å². The van der Waals surface area contributed by atoms with E-state index in [1.54, 1.807) is 35.2 Å². The van der Waals surface area contributed by atoms with E-state index in [9.17, 15) is 14.0 Å². The molecule has 0 aliphatic carbocycles. The minimum atomic E-state index is -0.469.